The standard InChI is InChI=1S/C13H15Cl2N3S/c14-11-6-8(12(15)19-11)10-7-17-13(18-10)9-4-2-1-3-5-16-9/h6-7,9,16H,1-5H2,(H,17,18). The van der Waals surface area contributed by atoms with Gasteiger partial charge in [-0.15, -0.1) is 11.3 Å². The summed E-state index contributed by atoms with van der Waals surface area (Å²) in [7, 11) is 0. The molecule has 2 aromatic rings. The van der Waals surface area contributed by atoms with Crippen LogP contribution in [0.5, 0.6) is 0 Å². The summed E-state index contributed by atoms with van der Waals surface area (Å²) in [6, 6.07) is 2.20. The maximum Gasteiger partial charge on any atom is 0.123 e. The average molecular weight is 316 g/mol. The van der Waals surface area contributed by atoms with Crippen molar-refractivity contribution >= 4 is 34.5 Å². The Morgan fingerprint density at radius 1 is 1.26 bits per heavy atom. The van der Waals surface area contributed by atoms with Crippen LogP contribution < -0.4 is 5.32 Å². The van der Waals surface area contributed by atoms with Gasteiger partial charge in [0.25, 0.3) is 0 Å². The quantitative estimate of drug-likeness (QED) is 0.846. The van der Waals surface area contributed by atoms with Crippen molar-refractivity contribution < 1.29 is 0 Å². The van der Waals surface area contributed by atoms with Gasteiger partial charge >= 0.3 is 0 Å². The number of nitrogens with zero attached hydrogens (tertiary/aromatic N) is 1. The Morgan fingerprint density at radius 2 is 2.16 bits per heavy atom. The first-order valence-electron chi connectivity index (χ1n) is 6.47. The molecule has 0 spiro atoms. The summed E-state index contributed by atoms with van der Waals surface area (Å²) in [6.45, 7) is 1.06. The number of hydrogen-bond donors (Lipinski definition) is 2. The lowest BCUT2D eigenvalue weighted by Crippen LogP contribution is -2.21. The lowest BCUT2D eigenvalue weighted by atomic mass is 10.1. The Morgan fingerprint density at radius 3 is 2.95 bits per heavy atom. The molecular weight excluding hydrogens is 301 g/mol. The van der Waals surface area contributed by atoms with Crippen molar-refractivity contribution in [1.29, 1.82) is 0 Å². The third-order valence-corrected chi connectivity index (χ3v) is 4.92. The van der Waals surface area contributed by atoms with E-state index in [1.165, 1.54) is 30.6 Å². The zero-order valence-electron chi connectivity index (χ0n) is 10.4. The van der Waals surface area contributed by atoms with Crippen molar-refractivity contribution in [3.8, 4) is 11.3 Å². The molecule has 3 nitrogen and oxygen atoms in total. The highest BCUT2D eigenvalue weighted by Gasteiger charge is 2.18. The third-order valence-electron chi connectivity index (χ3n) is 3.43. The molecule has 102 valence electrons. The molecule has 0 saturated carbocycles. The van der Waals surface area contributed by atoms with E-state index in [2.05, 4.69) is 15.3 Å². The van der Waals surface area contributed by atoms with Crippen LogP contribution in [0.25, 0.3) is 11.3 Å². The summed E-state index contributed by atoms with van der Waals surface area (Å²) >= 11 is 13.5. The predicted molar refractivity (Wildman–Crippen MR) is 81.1 cm³/mol. The van der Waals surface area contributed by atoms with Gasteiger partial charge in [0.05, 0.1) is 22.3 Å². The minimum atomic E-state index is 0.323. The van der Waals surface area contributed by atoms with Gasteiger partial charge in [0, 0.05) is 5.56 Å². The van der Waals surface area contributed by atoms with Crippen molar-refractivity contribution in [2.75, 3.05) is 6.54 Å². The van der Waals surface area contributed by atoms with Gasteiger partial charge in [-0.1, -0.05) is 36.0 Å². The van der Waals surface area contributed by atoms with Crippen LogP contribution >= 0.6 is 34.5 Å². The van der Waals surface area contributed by atoms with Gasteiger partial charge in [-0.3, -0.25) is 0 Å². The van der Waals surface area contributed by atoms with Crippen LogP contribution in [0.2, 0.25) is 8.67 Å². The maximum absolute atomic E-state index is 6.17. The number of halogens is 2. The van der Waals surface area contributed by atoms with Crippen molar-refractivity contribution in [2.24, 2.45) is 0 Å². The molecule has 0 aromatic carbocycles. The van der Waals surface area contributed by atoms with Crippen molar-refractivity contribution in [2.45, 2.75) is 31.7 Å². The molecular formula is C13H15Cl2N3S. The van der Waals surface area contributed by atoms with Crippen LogP contribution in [0.15, 0.2) is 12.3 Å². The second-order valence-corrected chi connectivity index (χ2v) is 7.06. The Balaban J connectivity index is 1.84. The van der Waals surface area contributed by atoms with Crippen LogP contribution in [0.3, 0.4) is 0 Å². The average Bonchev–Trinajstić information content (AvgIpc) is 2.88. The molecule has 1 saturated heterocycles. The second kappa shape index (κ2) is 5.83. The fraction of sp³-hybridized carbons (Fsp3) is 0.462. The molecule has 3 rings (SSSR count). The van der Waals surface area contributed by atoms with E-state index in [1.807, 2.05) is 12.3 Å². The van der Waals surface area contributed by atoms with E-state index in [9.17, 15) is 0 Å². The molecule has 1 aliphatic rings. The van der Waals surface area contributed by atoms with Gasteiger partial charge < -0.3 is 10.3 Å². The van der Waals surface area contributed by atoms with E-state index in [4.69, 9.17) is 23.2 Å². The number of aromatic amines is 1. The monoisotopic (exact) mass is 315 g/mol. The first kappa shape index (κ1) is 13.4. The van der Waals surface area contributed by atoms with E-state index in [0.717, 1.165) is 30.0 Å². The highest BCUT2D eigenvalue weighted by atomic mass is 35.5. The van der Waals surface area contributed by atoms with E-state index in [1.54, 1.807) is 0 Å². The van der Waals surface area contributed by atoms with E-state index in [0.29, 0.717) is 14.7 Å². The molecule has 3 heterocycles. The molecule has 1 unspecified atom stereocenters. The molecule has 1 fully saturated rings. The maximum atomic E-state index is 6.17. The van der Waals surface area contributed by atoms with Gasteiger partial charge in [0.2, 0.25) is 0 Å². The molecule has 2 N–H and O–H groups in total. The lowest BCUT2D eigenvalue weighted by molar-refractivity contribution is 0.512. The van der Waals surface area contributed by atoms with Gasteiger partial charge in [0.1, 0.15) is 10.2 Å². The van der Waals surface area contributed by atoms with E-state index < -0.39 is 0 Å². The highest BCUT2D eigenvalue weighted by molar-refractivity contribution is 7.20. The number of nitrogens with one attached hydrogen (secondary N) is 2. The van der Waals surface area contributed by atoms with Crippen molar-refractivity contribution in [3.63, 3.8) is 0 Å². The Bertz CT molecular complexity index is 556. The normalized spacial score (nSPS) is 20.4. The van der Waals surface area contributed by atoms with E-state index in [-0.39, 0.29) is 0 Å². The molecule has 2 aromatic heterocycles. The number of aromatic nitrogens is 2. The number of imidazole rings is 1. The summed E-state index contributed by atoms with van der Waals surface area (Å²) in [4.78, 5) is 7.86. The zero-order chi connectivity index (χ0) is 13.2. The zero-order valence-corrected chi connectivity index (χ0v) is 12.7. The number of H-pyrrole nitrogens is 1. The van der Waals surface area contributed by atoms with Crippen molar-refractivity contribution in [1.82, 2.24) is 15.3 Å². The third kappa shape index (κ3) is 2.97. The van der Waals surface area contributed by atoms with Gasteiger partial charge in [0.15, 0.2) is 0 Å². The number of hydrogen-bond acceptors (Lipinski definition) is 3. The Kier molecular flexibility index (Phi) is 4.12. The Labute approximate surface area is 126 Å². The summed E-state index contributed by atoms with van der Waals surface area (Å²) in [6.07, 6.45) is 6.76. The second-order valence-electron chi connectivity index (χ2n) is 4.78. The fourth-order valence-corrected chi connectivity index (χ4v) is 3.93. The summed E-state index contributed by atoms with van der Waals surface area (Å²) in [5.41, 5.74) is 1.87. The van der Waals surface area contributed by atoms with Crippen molar-refractivity contribution in [3.05, 3.63) is 26.8 Å². The molecule has 1 atom stereocenters. The molecule has 6 heteroatoms. The SMILES string of the molecule is Clc1cc(-c2cnc(C3CCCCCN3)[nH]2)c(Cl)s1. The largest absolute Gasteiger partial charge is 0.341 e. The number of thiophene rings is 1. The molecule has 0 bridgehead atoms. The first-order chi connectivity index (χ1) is 9.24. The smallest absolute Gasteiger partial charge is 0.123 e. The van der Waals surface area contributed by atoms with Crippen LogP contribution in [-0.4, -0.2) is 16.5 Å². The molecule has 0 radical (unpaired) electrons. The topological polar surface area (TPSA) is 40.7 Å². The highest BCUT2D eigenvalue weighted by Crippen LogP contribution is 2.37. The summed E-state index contributed by atoms with van der Waals surface area (Å²) in [5.74, 6) is 0.996. The van der Waals surface area contributed by atoms with Crippen LogP contribution in [-0.2, 0) is 0 Å². The minimum absolute atomic E-state index is 0.323. The summed E-state index contributed by atoms with van der Waals surface area (Å²) < 4.78 is 1.40. The van der Waals surface area contributed by atoms with Gasteiger partial charge in [-0.05, 0) is 25.5 Å². The lowest BCUT2D eigenvalue weighted by Gasteiger charge is -2.12. The van der Waals surface area contributed by atoms with Crippen LogP contribution in [0.4, 0.5) is 0 Å². The number of rotatable bonds is 2. The van der Waals surface area contributed by atoms with E-state index >= 15 is 0 Å². The molecule has 19 heavy (non-hydrogen) atoms. The summed E-state index contributed by atoms with van der Waals surface area (Å²) in [5, 5.41) is 3.53. The first-order valence-corrected chi connectivity index (χ1v) is 8.05. The van der Waals surface area contributed by atoms with Gasteiger partial charge in [-0.2, -0.15) is 0 Å². The van der Waals surface area contributed by atoms with Crippen LogP contribution in [0.1, 0.15) is 37.5 Å². The van der Waals surface area contributed by atoms with Crippen LogP contribution in [0, 0.1) is 0 Å². The Hall–Kier alpha value is -0.550. The molecule has 1 aliphatic heterocycles. The van der Waals surface area contributed by atoms with Gasteiger partial charge in [-0.25, -0.2) is 4.98 Å². The minimum Gasteiger partial charge on any atom is -0.341 e. The molecule has 0 amide bonds. The fourth-order valence-electron chi connectivity index (χ4n) is 2.44. The predicted octanol–water partition coefficient (Wildman–Crippen LogP) is 4.65. The molecule has 0 aliphatic carbocycles.